The van der Waals surface area contributed by atoms with E-state index in [-0.39, 0.29) is 15.7 Å². The molecule has 0 aromatic carbocycles. The van der Waals surface area contributed by atoms with Gasteiger partial charge in [0.15, 0.2) is 0 Å². The van der Waals surface area contributed by atoms with Gasteiger partial charge in [-0.1, -0.05) is 23.2 Å². The van der Waals surface area contributed by atoms with E-state index >= 15 is 0 Å². The molecule has 1 aromatic rings. The first-order valence-electron chi connectivity index (χ1n) is 5.82. The van der Waals surface area contributed by atoms with Gasteiger partial charge in [-0.05, 0) is 26.8 Å². The van der Waals surface area contributed by atoms with Crippen LogP contribution in [0.15, 0.2) is 12.3 Å². The Morgan fingerprint density at radius 2 is 1.78 bits per heavy atom. The lowest BCUT2D eigenvalue weighted by Crippen LogP contribution is -3.11. The molecule has 1 heterocycles. The number of pyridine rings is 1. The molecule has 6 heteroatoms. The summed E-state index contributed by atoms with van der Waals surface area (Å²) in [6.45, 7) is 10.5. The first kappa shape index (κ1) is 17.2. The van der Waals surface area contributed by atoms with Crippen molar-refractivity contribution in [2.75, 3.05) is 19.6 Å². The molecule has 1 aromatic heterocycles. The van der Waals surface area contributed by atoms with Gasteiger partial charge in [0, 0.05) is 6.20 Å². The van der Waals surface area contributed by atoms with Gasteiger partial charge in [0.05, 0.1) is 35.6 Å². The van der Waals surface area contributed by atoms with Crippen molar-refractivity contribution in [1.29, 1.82) is 0 Å². The highest BCUT2D eigenvalue weighted by Gasteiger charge is 2.05. The molecule has 1 rings (SSSR count). The van der Waals surface area contributed by atoms with Crippen LogP contribution in [0.1, 0.15) is 31.3 Å². The zero-order valence-electron chi connectivity index (χ0n) is 10.8. The number of nitrogens with one attached hydrogen (secondary N) is 1. The van der Waals surface area contributed by atoms with Crippen molar-refractivity contribution < 1.29 is 14.8 Å². The van der Waals surface area contributed by atoms with Crippen LogP contribution in [0.3, 0.4) is 0 Å². The summed E-state index contributed by atoms with van der Waals surface area (Å²) in [5.41, 5.74) is -0.334. The minimum Gasteiger partial charge on any atom is -0.543 e. The van der Waals surface area contributed by atoms with Crippen molar-refractivity contribution in [2.24, 2.45) is 0 Å². The van der Waals surface area contributed by atoms with Crippen LogP contribution in [0.2, 0.25) is 10.0 Å². The van der Waals surface area contributed by atoms with Crippen molar-refractivity contribution >= 4 is 29.2 Å². The normalized spacial score (nSPS) is 9.89. The van der Waals surface area contributed by atoms with Crippen molar-refractivity contribution in [3.05, 3.63) is 28.0 Å². The molecule has 0 amide bonds. The Hall–Kier alpha value is -0.840. The van der Waals surface area contributed by atoms with Crippen molar-refractivity contribution in [2.45, 2.75) is 20.8 Å². The summed E-state index contributed by atoms with van der Waals surface area (Å²) in [4.78, 5) is 15.4. The van der Waals surface area contributed by atoms with Gasteiger partial charge in [0.1, 0.15) is 5.69 Å². The van der Waals surface area contributed by atoms with Gasteiger partial charge in [-0.3, -0.25) is 4.98 Å². The van der Waals surface area contributed by atoms with Gasteiger partial charge in [-0.15, -0.1) is 0 Å². The Morgan fingerprint density at radius 1 is 1.28 bits per heavy atom. The third-order valence-corrected chi connectivity index (χ3v) is 3.33. The molecule has 0 aliphatic carbocycles. The van der Waals surface area contributed by atoms with Crippen LogP contribution in [0, 0.1) is 0 Å². The van der Waals surface area contributed by atoms with Crippen molar-refractivity contribution in [3.63, 3.8) is 0 Å². The molecule has 0 aliphatic rings. The second-order valence-corrected chi connectivity index (χ2v) is 4.34. The average molecular weight is 293 g/mol. The lowest BCUT2D eigenvalue weighted by atomic mass is 10.3. The van der Waals surface area contributed by atoms with E-state index in [2.05, 4.69) is 25.8 Å². The van der Waals surface area contributed by atoms with Crippen LogP contribution in [0.4, 0.5) is 0 Å². The number of nitrogens with zero attached hydrogens (tertiary/aromatic N) is 1. The molecule has 102 valence electrons. The zero-order chi connectivity index (χ0) is 14.1. The monoisotopic (exact) mass is 292 g/mol. The van der Waals surface area contributed by atoms with E-state index < -0.39 is 5.97 Å². The summed E-state index contributed by atoms with van der Waals surface area (Å²) in [6, 6.07) is 1.40. The Balaban J connectivity index is 0.000000360. The number of aromatic nitrogens is 1. The molecule has 0 aliphatic heterocycles. The van der Waals surface area contributed by atoms with Gasteiger partial charge in [-0.2, -0.15) is 0 Å². The molecule has 0 atom stereocenters. The maximum Gasteiger partial charge on any atom is 0.106 e. The van der Waals surface area contributed by atoms with Gasteiger partial charge in [0.2, 0.25) is 0 Å². The van der Waals surface area contributed by atoms with E-state index in [1.54, 1.807) is 4.90 Å². The van der Waals surface area contributed by atoms with Crippen LogP contribution < -0.4 is 10.0 Å². The van der Waals surface area contributed by atoms with Gasteiger partial charge in [-0.25, -0.2) is 0 Å². The summed E-state index contributed by atoms with van der Waals surface area (Å²) in [5.74, 6) is -1.43. The van der Waals surface area contributed by atoms with Crippen LogP contribution in [-0.4, -0.2) is 30.6 Å². The molecule has 0 fully saturated rings. The number of aromatic carboxylic acids is 1. The summed E-state index contributed by atoms with van der Waals surface area (Å²) in [7, 11) is 0. The molecule has 0 spiro atoms. The number of carboxylic acids is 1. The number of carbonyl (C=O) groups is 1. The predicted octanol–water partition coefficient (Wildman–Crippen LogP) is 0.683. The molecule has 0 unspecified atom stereocenters. The molecular weight excluding hydrogens is 275 g/mol. The SMILES string of the molecule is CC[NH+](CC)CC.O=C([O-])c1nccc(Cl)c1Cl. The summed E-state index contributed by atoms with van der Waals surface area (Å²) >= 11 is 11.0. The number of carboxylic acid groups (broad SMARTS) is 1. The minimum absolute atomic E-state index is 0.0887. The van der Waals surface area contributed by atoms with E-state index in [9.17, 15) is 9.90 Å². The quantitative estimate of drug-likeness (QED) is 0.888. The topological polar surface area (TPSA) is 57.5 Å². The first-order chi connectivity index (χ1) is 8.47. The van der Waals surface area contributed by atoms with Crippen molar-refractivity contribution in [1.82, 2.24) is 4.98 Å². The lowest BCUT2D eigenvalue weighted by molar-refractivity contribution is -0.894. The lowest BCUT2D eigenvalue weighted by Gasteiger charge is -2.10. The van der Waals surface area contributed by atoms with Gasteiger partial charge >= 0.3 is 0 Å². The third kappa shape index (κ3) is 5.67. The second-order valence-electron chi connectivity index (χ2n) is 3.55. The fourth-order valence-electron chi connectivity index (χ4n) is 1.31. The third-order valence-electron chi connectivity index (χ3n) is 2.54. The van der Waals surface area contributed by atoms with E-state index in [0.29, 0.717) is 0 Å². The summed E-state index contributed by atoms with van der Waals surface area (Å²) in [6.07, 6.45) is 1.25. The molecule has 0 radical (unpaired) electrons. The number of carbonyl (C=O) groups excluding carboxylic acids is 1. The first-order valence-corrected chi connectivity index (χ1v) is 6.58. The highest BCUT2D eigenvalue weighted by Crippen LogP contribution is 2.22. The zero-order valence-corrected chi connectivity index (χ0v) is 12.3. The molecule has 0 saturated carbocycles. The summed E-state index contributed by atoms with van der Waals surface area (Å²) < 4.78 is 0. The Bertz CT molecular complexity index is 377. The molecule has 4 nitrogen and oxygen atoms in total. The van der Waals surface area contributed by atoms with E-state index in [0.717, 1.165) is 0 Å². The molecule has 0 bridgehead atoms. The smallest absolute Gasteiger partial charge is 0.106 e. The van der Waals surface area contributed by atoms with Crippen LogP contribution >= 0.6 is 23.2 Å². The number of rotatable bonds is 4. The van der Waals surface area contributed by atoms with Crippen LogP contribution in [-0.2, 0) is 0 Å². The maximum absolute atomic E-state index is 10.3. The second kappa shape index (κ2) is 9.14. The maximum atomic E-state index is 10.3. The van der Waals surface area contributed by atoms with Crippen LogP contribution in [0.25, 0.3) is 0 Å². The standard InChI is InChI=1S/C6H3Cl2NO2.C6H15N/c7-3-1-2-9-5(4(3)8)6(10)11;1-4-7(5-2)6-3/h1-2H,(H,10,11);4-6H2,1-3H3. The largest absolute Gasteiger partial charge is 0.543 e. The predicted molar refractivity (Wildman–Crippen MR) is 71.2 cm³/mol. The van der Waals surface area contributed by atoms with E-state index in [4.69, 9.17) is 23.2 Å². The molecule has 1 N–H and O–H groups in total. The molecule has 0 saturated heterocycles. The Morgan fingerprint density at radius 3 is 2.06 bits per heavy atom. The minimum atomic E-state index is -1.43. The van der Waals surface area contributed by atoms with Gasteiger partial charge < -0.3 is 14.8 Å². The number of hydrogen-bond donors (Lipinski definition) is 1. The van der Waals surface area contributed by atoms with E-state index in [1.807, 2.05) is 0 Å². The number of hydrogen-bond acceptors (Lipinski definition) is 3. The molecular formula is C12H18Cl2N2O2. The highest BCUT2D eigenvalue weighted by atomic mass is 35.5. The fourth-order valence-corrected chi connectivity index (χ4v) is 1.65. The van der Waals surface area contributed by atoms with Gasteiger partial charge in [0.25, 0.3) is 0 Å². The average Bonchev–Trinajstić information content (AvgIpc) is 2.35. The number of quaternary nitrogens is 1. The highest BCUT2D eigenvalue weighted by molar-refractivity contribution is 6.43. The fraction of sp³-hybridized carbons (Fsp3) is 0.500. The summed E-state index contributed by atoms with van der Waals surface area (Å²) in [5, 5.41) is 10.3. The van der Waals surface area contributed by atoms with Crippen LogP contribution in [0.5, 0.6) is 0 Å². The Labute approximate surface area is 118 Å². The van der Waals surface area contributed by atoms with Crippen molar-refractivity contribution in [3.8, 4) is 0 Å². The number of halogens is 2. The molecule has 18 heavy (non-hydrogen) atoms. The van der Waals surface area contributed by atoms with E-state index in [1.165, 1.54) is 31.9 Å². The Kier molecular flexibility index (Phi) is 8.71.